The highest BCUT2D eigenvalue weighted by molar-refractivity contribution is 7.41. The Balaban J connectivity index is 0.000000217. The zero-order valence-electron chi connectivity index (χ0n) is 17.0. The van der Waals surface area contributed by atoms with Crippen LogP contribution in [0.25, 0.3) is 0 Å². The molecule has 0 spiro atoms. The summed E-state index contributed by atoms with van der Waals surface area (Å²) >= 11 is 0. The van der Waals surface area contributed by atoms with Gasteiger partial charge in [-0.05, 0) is 22.4 Å². The van der Waals surface area contributed by atoms with Gasteiger partial charge in [0, 0.05) is 16.5 Å². The minimum Gasteiger partial charge on any atom is -0.457 e. The maximum atomic E-state index is 5.91. The molecule has 0 unspecified atom stereocenters. The van der Waals surface area contributed by atoms with Crippen molar-refractivity contribution in [2.75, 3.05) is 0 Å². The number of para-hydroxylation sites is 2. The second-order valence-corrected chi connectivity index (χ2v) is 12.6. The highest BCUT2D eigenvalue weighted by atomic mass is 31.1. The molecule has 0 aromatic heterocycles. The minimum absolute atomic E-state index is 0.0193. The van der Waals surface area contributed by atoms with Gasteiger partial charge in [-0.25, -0.2) is 0 Å². The van der Waals surface area contributed by atoms with Crippen molar-refractivity contribution in [1.29, 1.82) is 0 Å². The maximum absolute atomic E-state index is 5.91. The average molecular weight is 356 g/mol. The van der Waals surface area contributed by atoms with E-state index in [0.29, 0.717) is 10.3 Å². The molecule has 0 fully saturated rings. The van der Waals surface area contributed by atoms with E-state index in [4.69, 9.17) is 4.74 Å². The molecule has 2 aromatic carbocycles. The van der Waals surface area contributed by atoms with Gasteiger partial charge in [0.15, 0.2) is 0 Å². The molecule has 136 valence electrons. The van der Waals surface area contributed by atoms with Crippen molar-refractivity contribution in [3.8, 4) is 11.5 Å². The lowest BCUT2D eigenvalue weighted by Crippen LogP contribution is -2.23. The Morgan fingerprint density at radius 3 is 1.36 bits per heavy atom. The third kappa shape index (κ3) is 5.32. The molecule has 0 bridgehead atoms. The van der Waals surface area contributed by atoms with Crippen LogP contribution in [0.5, 0.6) is 11.5 Å². The van der Waals surface area contributed by atoms with E-state index in [1.807, 2.05) is 24.3 Å². The first-order valence-electron chi connectivity index (χ1n) is 9.06. The van der Waals surface area contributed by atoms with Gasteiger partial charge in [0.1, 0.15) is 11.5 Å². The van der Waals surface area contributed by atoms with E-state index in [1.165, 1.54) is 11.1 Å². The summed E-state index contributed by atoms with van der Waals surface area (Å²) in [5, 5.41) is 1.02. The molecule has 1 nitrogen and oxygen atoms in total. The number of fused-ring (bicyclic) bond motifs is 2. The van der Waals surface area contributed by atoms with E-state index < -0.39 is 0 Å². The molecule has 0 saturated heterocycles. The normalized spacial score (nSPS) is 15.2. The summed E-state index contributed by atoms with van der Waals surface area (Å²) in [5.41, 5.74) is 2.54. The van der Waals surface area contributed by atoms with Crippen LogP contribution in [0.1, 0.15) is 66.5 Å². The van der Waals surface area contributed by atoms with E-state index in [1.54, 1.807) is 0 Å². The smallest absolute Gasteiger partial charge is 0.131 e. The molecule has 0 N–H and O–H groups in total. The number of benzene rings is 2. The summed E-state index contributed by atoms with van der Waals surface area (Å²) in [5.74, 6) is 1.96. The third-order valence-electron chi connectivity index (χ3n) is 4.09. The Kier molecular flexibility index (Phi) is 5.69. The molecule has 2 heteroatoms. The molecular weight excluding hydrogens is 323 g/mol. The molecule has 0 atom stereocenters. The maximum Gasteiger partial charge on any atom is 0.131 e. The predicted octanol–water partition coefficient (Wildman–Crippen LogP) is 7.38. The lowest BCUT2D eigenvalue weighted by molar-refractivity contribution is 0.418. The third-order valence-corrected chi connectivity index (χ3v) is 5.59. The number of hydrogen-bond acceptors (Lipinski definition) is 1. The highest BCUT2D eigenvalue weighted by Crippen LogP contribution is 2.47. The summed E-state index contributed by atoms with van der Waals surface area (Å²) in [4.78, 5) is 0. The fourth-order valence-electron chi connectivity index (χ4n) is 3.53. The van der Waals surface area contributed by atoms with Crippen LogP contribution < -0.4 is 4.74 Å². The second-order valence-electron chi connectivity index (χ2n) is 9.34. The van der Waals surface area contributed by atoms with Crippen molar-refractivity contribution in [3.63, 3.8) is 0 Å². The van der Waals surface area contributed by atoms with Gasteiger partial charge in [0.25, 0.3) is 0 Å². The highest BCUT2D eigenvalue weighted by Gasteiger charge is 2.33. The van der Waals surface area contributed by atoms with E-state index in [9.17, 15) is 0 Å². The van der Waals surface area contributed by atoms with Crippen LogP contribution in [-0.2, 0) is 5.41 Å². The predicted molar refractivity (Wildman–Crippen MR) is 113 cm³/mol. The van der Waals surface area contributed by atoms with Crippen LogP contribution in [0.4, 0.5) is 0 Å². The number of rotatable bonds is 0. The van der Waals surface area contributed by atoms with Crippen molar-refractivity contribution in [2.45, 2.75) is 71.1 Å². The molecule has 1 aliphatic heterocycles. The van der Waals surface area contributed by atoms with Crippen LogP contribution in [0, 0.1) is 0 Å². The zero-order chi connectivity index (χ0) is 18.9. The average Bonchev–Trinajstić information content (AvgIpc) is 2.44. The first-order valence-corrected chi connectivity index (χ1v) is 10.1. The zero-order valence-corrected chi connectivity index (χ0v) is 18.0. The van der Waals surface area contributed by atoms with Gasteiger partial charge in [-0.1, -0.05) is 91.8 Å². The lowest BCUT2D eigenvalue weighted by atomic mass is 9.76. The summed E-state index contributed by atoms with van der Waals surface area (Å²) in [6.07, 6.45) is 0. The molecule has 25 heavy (non-hydrogen) atoms. The summed E-state index contributed by atoms with van der Waals surface area (Å²) in [6, 6.07) is 16.5. The molecule has 0 saturated carbocycles. The summed E-state index contributed by atoms with van der Waals surface area (Å²) < 4.78 is 5.91. The Bertz CT molecular complexity index is 658. The Morgan fingerprint density at radius 2 is 1.04 bits per heavy atom. The van der Waals surface area contributed by atoms with Gasteiger partial charge >= 0.3 is 0 Å². The quantitative estimate of drug-likeness (QED) is 0.447. The molecule has 3 rings (SSSR count). The SMILES string of the molecule is CC(C)(C)PC(C)(C)C.CC1(C)c2ccccc2Oc2ccccc21. The monoisotopic (exact) mass is 356 g/mol. The van der Waals surface area contributed by atoms with Gasteiger partial charge in [-0.3, -0.25) is 0 Å². The summed E-state index contributed by atoms with van der Waals surface area (Å²) in [6.45, 7) is 18.3. The fraction of sp³-hybridized carbons (Fsp3) is 0.478. The van der Waals surface area contributed by atoms with Crippen molar-refractivity contribution in [1.82, 2.24) is 0 Å². The molecule has 2 aromatic rings. The van der Waals surface area contributed by atoms with E-state index in [2.05, 4.69) is 79.7 Å². The first-order chi connectivity index (χ1) is 11.4. The summed E-state index contributed by atoms with van der Waals surface area (Å²) in [7, 11) is 1.05. The largest absolute Gasteiger partial charge is 0.457 e. The Hall–Kier alpha value is -1.33. The topological polar surface area (TPSA) is 9.23 Å². The molecule has 0 aliphatic carbocycles. The minimum atomic E-state index is 0.0193. The van der Waals surface area contributed by atoms with Crippen LogP contribution in [-0.4, -0.2) is 10.3 Å². The fourth-order valence-corrected chi connectivity index (χ4v) is 5.78. The Morgan fingerprint density at radius 1 is 0.680 bits per heavy atom. The number of hydrogen-bond donors (Lipinski definition) is 0. The van der Waals surface area contributed by atoms with Gasteiger partial charge < -0.3 is 4.74 Å². The molecule has 0 amide bonds. The van der Waals surface area contributed by atoms with Crippen LogP contribution in [0.3, 0.4) is 0 Å². The van der Waals surface area contributed by atoms with Gasteiger partial charge in [-0.15, -0.1) is 8.58 Å². The first kappa shape index (κ1) is 20.0. The molecule has 1 aliphatic rings. The molecule has 1 heterocycles. The van der Waals surface area contributed by atoms with E-state index >= 15 is 0 Å². The Labute approximate surface area is 156 Å². The number of ether oxygens (including phenoxy) is 1. The van der Waals surface area contributed by atoms with Crippen LogP contribution >= 0.6 is 8.58 Å². The van der Waals surface area contributed by atoms with Gasteiger partial charge in [-0.2, -0.15) is 0 Å². The van der Waals surface area contributed by atoms with Gasteiger partial charge in [0.2, 0.25) is 0 Å². The van der Waals surface area contributed by atoms with E-state index in [-0.39, 0.29) is 5.41 Å². The van der Waals surface area contributed by atoms with Gasteiger partial charge in [0.05, 0.1) is 0 Å². The van der Waals surface area contributed by atoms with Crippen molar-refractivity contribution < 1.29 is 4.74 Å². The van der Waals surface area contributed by atoms with E-state index in [0.717, 1.165) is 20.1 Å². The van der Waals surface area contributed by atoms with Crippen molar-refractivity contribution in [2.24, 2.45) is 0 Å². The molecular formula is C23H33OP. The second kappa shape index (κ2) is 7.12. The van der Waals surface area contributed by atoms with Crippen LogP contribution in [0.2, 0.25) is 0 Å². The van der Waals surface area contributed by atoms with Crippen LogP contribution in [0.15, 0.2) is 48.5 Å². The molecule has 0 radical (unpaired) electrons. The standard InChI is InChI=1S/C15H14O.C8H19P/c1-15(2)11-7-3-5-9-13(11)16-14-10-6-4-8-12(14)15;1-7(2,3)9-8(4,5)6/h3-10H,1-2H3;9H,1-6H3. The van der Waals surface area contributed by atoms with Crippen molar-refractivity contribution >= 4 is 8.58 Å². The lowest BCUT2D eigenvalue weighted by Gasteiger charge is -2.34. The van der Waals surface area contributed by atoms with Crippen molar-refractivity contribution in [3.05, 3.63) is 59.7 Å².